The molecule has 0 radical (unpaired) electrons. The van der Waals surface area contributed by atoms with Crippen LogP contribution in [0, 0.1) is 5.92 Å². The Morgan fingerprint density at radius 1 is 1.29 bits per heavy atom. The minimum atomic E-state index is -0.531. The second kappa shape index (κ2) is 9.78. The second-order valence-electron chi connectivity index (χ2n) is 8.44. The van der Waals surface area contributed by atoms with Crippen LogP contribution in [0.5, 0.6) is 5.75 Å². The Labute approximate surface area is 167 Å². The lowest BCUT2D eigenvalue weighted by Gasteiger charge is -2.26. The maximum Gasteiger partial charge on any atom is 0.407 e. The highest BCUT2D eigenvalue weighted by Gasteiger charge is 2.27. The number of rotatable bonds is 8. The molecule has 3 N–H and O–H groups in total. The van der Waals surface area contributed by atoms with E-state index < -0.39 is 11.7 Å². The standard InChI is InChI=1S/C21H33N3O4/c1-21(2,3)28-20(26)23-12-17(16-5-7-18(27-4)8-6-16)14-24-10-9-15(13-24)11-19(22)25/h5-8,15,17H,9-14H2,1-4H3,(H2,22,25)(H,23,26). The Bertz CT molecular complexity index is 655. The van der Waals surface area contributed by atoms with E-state index in [0.29, 0.717) is 18.9 Å². The average Bonchev–Trinajstić information content (AvgIpc) is 3.03. The van der Waals surface area contributed by atoms with Crippen LogP contribution in [0.1, 0.15) is 45.1 Å². The van der Waals surface area contributed by atoms with Gasteiger partial charge in [-0.15, -0.1) is 0 Å². The molecule has 0 saturated carbocycles. The first-order valence-corrected chi connectivity index (χ1v) is 9.77. The van der Waals surface area contributed by atoms with Gasteiger partial charge >= 0.3 is 6.09 Å². The molecule has 0 spiro atoms. The largest absolute Gasteiger partial charge is 0.497 e. The normalized spacial score (nSPS) is 18.5. The molecule has 1 heterocycles. The molecule has 1 saturated heterocycles. The lowest BCUT2D eigenvalue weighted by molar-refractivity contribution is -0.118. The predicted molar refractivity (Wildman–Crippen MR) is 108 cm³/mol. The fourth-order valence-corrected chi connectivity index (χ4v) is 3.53. The molecule has 0 aliphatic carbocycles. The summed E-state index contributed by atoms with van der Waals surface area (Å²) in [4.78, 5) is 25.6. The summed E-state index contributed by atoms with van der Waals surface area (Å²) in [5.41, 5.74) is 5.93. The number of nitrogens with zero attached hydrogens (tertiary/aromatic N) is 1. The van der Waals surface area contributed by atoms with E-state index in [0.717, 1.165) is 37.4 Å². The van der Waals surface area contributed by atoms with Crippen LogP contribution in [-0.4, -0.2) is 55.8 Å². The van der Waals surface area contributed by atoms with Crippen molar-refractivity contribution in [2.45, 2.75) is 45.1 Å². The number of amides is 2. The van der Waals surface area contributed by atoms with Gasteiger partial charge in [-0.1, -0.05) is 12.1 Å². The maximum absolute atomic E-state index is 12.1. The van der Waals surface area contributed by atoms with Crippen LogP contribution in [0.25, 0.3) is 0 Å². The first-order valence-electron chi connectivity index (χ1n) is 9.77. The van der Waals surface area contributed by atoms with E-state index in [1.165, 1.54) is 0 Å². The van der Waals surface area contributed by atoms with Crippen molar-refractivity contribution in [3.63, 3.8) is 0 Å². The van der Waals surface area contributed by atoms with Crippen LogP contribution in [0.15, 0.2) is 24.3 Å². The van der Waals surface area contributed by atoms with Gasteiger partial charge in [0, 0.05) is 32.0 Å². The van der Waals surface area contributed by atoms with E-state index in [1.54, 1.807) is 7.11 Å². The quantitative estimate of drug-likeness (QED) is 0.710. The number of primary amides is 1. The predicted octanol–water partition coefficient (Wildman–Crippen LogP) is 2.50. The molecular formula is C21H33N3O4. The first-order chi connectivity index (χ1) is 13.2. The van der Waals surface area contributed by atoms with Crippen molar-refractivity contribution in [2.75, 3.05) is 33.3 Å². The first kappa shape index (κ1) is 22.0. The van der Waals surface area contributed by atoms with Crippen molar-refractivity contribution in [2.24, 2.45) is 11.7 Å². The molecule has 2 atom stereocenters. The summed E-state index contributed by atoms with van der Waals surface area (Å²) in [6.07, 6.45) is 0.983. The van der Waals surface area contributed by atoms with Crippen molar-refractivity contribution >= 4 is 12.0 Å². The minimum Gasteiger partial charge on any atom is -0.497 e. The summed E-state index contributed by atoms with van der Waals surface area (Å²) in [7, 11) is 1.64. The third-order valence-corrected chi connectivity index (χ3v) is 4.82. The molecule has 1 fully saturated rings. The molecule has 1 aliphatic rings. The molecule has 0 aromatic heterocycles. The molecule has 7 heteroatoms. The van der Waals surface area contributed by atoms with Gasteiger partial charge in [-0.05, 0) is 57.4 Å². The molecular weight excluding hydrogens is 358 g/mol. The average molecular weight is 392 g/mol. The van der Waals surface area contributed by atoms with Gasteiger partial charge in [0.25, 0.3) is 0 Å². The monoisotopic (exact) mass is 391 g/mol. The number of benzene rings is 1. The zero-order valence-corrected chi connectivity index (χ0v) is 17.4. The highest BCUT2D eigenvalue weighted by atomic mass is 16.6. The highest BCUT2D eigenvalue weighted by molar-refractivity contribution is 5.74. The third-order valence-electron chi connectivity index (χ3n) is 4.82. The Morgan fingerprint density at radius 2 is 1.96 bits per heavy atom. The fraction of sp³-hybridized carbons (Fsp3) is 0.619. The molecule has 1 aromatic carbocycles. The van der Waals surface area contributed by atoms with Gasteiger partial charge in [0.15, 0.2) is 0 Å². The van der Waals surface area contributed by atoms with Crippen molar-refractivity contribution in [3.05, 3.63) is 29.8 Å². The van der Waals surface area contributed by atoms with E-state index in [1.807, 2.05) is 45.0 Å². The summed E-state index contributed by atoms with van der Waals surface area (Å²) >= 11 is 0. The topological polar surface area (TPSA) is 93.9 Å². The van der Waals surface area contributed by atoms with E-state index in [9.17, 15) is 9.59 Å². The van der Waals surface area contributed by atoms with Crippen LogP contribution >= 0.6 is 0 Å². The molecule has 0 bridgehead atoms. The maximum atomic E-state index is 12.1. The van der Waals surface area contributed by atoms with Crippen LogP contribution < -0.4 is 15.8 Å². The number of carbonyl (C=O) groups excluding carboxylic acids is 2. The Balaban J connectivity index is 2.01. The molecule has 1 aliphatic heterocycles. The lowest BCUT2D eigenvalue weighted by Crippen LogP contribution is -2.38. The van der Waals surface area contributed by atoms with Gasteiger partial charge in [0.05, 0.1) is 7.11 Å². The zero-order valence-electron chi connectivity index (χ0n) is 17.4. The number of nitrogens with one attached hydrogen (secondary N) is 1. The van der Waals surface area contributed by atoms with E-state index >= 15 is 0 Å². The van der Waals surface area contributed by atoms with Crippen LogP contribution in [0.4, 0.5) is 4.79 Å². The molecule has 2 unspecified atom stereocenters. The number of ether oxygens (including phenoxy) is 2. The minimum absolute atomic E-state index is 0.103. The molecule has 156 valence electrons. The summed E-state index contributed by atoms with van der Waals surface area (Å²) in [6.45, 7) is 8.57. The second-order valence-corrected chi connectivity index (χ2v) is 8.44. The number of likely N-dealkylation sites (tertiary alicyclic amines) is 1. The number of hydrogen-bond donors (Lipinski definition) is 2. The summed E-state index contributed by atoms with van der Waals surface area (Å²) in [6, 6.07) is 7.90. The van der Waals surface area contributed by atoms with Crippen molar-refractivity contribution < 1.29 is 19.1 Å². The smallest absolute Gasteiger partial charge is 0.407 e. The van der Waals surface area contributed by atoms with Crippen LogP contribution in [0.2, 0.25) is 0 Å². The van der Waals surface area contributed by atoms with Crippen molar-refractivity contribution in [1.82, 2.24) is 10.2 Å². The SMILES string of the molecule is COc1ccc(C(CNC(=O)OC(C)(C)C)CN2CCC(CC(N)=O)C2)cc1. The number of nitrogens with two attached hydrogens (primary N) is 1. The fourth-order valence-electron chi connectivity index (χ4n) is 3.53. The van der Waals surface area contributed by atoms with Crippen molar-refractivity contribution in [1.29, 1.82) is 0 Å². The summed E-state index contributed by atoms with van der Waals surface area (Å²) < 4.78 is 10.6. The Hall–Kier alpha value is -2.28. The molecule has 7 nitrogen and oxygen atoms in total. The lowest BCUT2D eigenvalue weighted by atomic mass is 9.98. The van der Waals surface area contributed by atoms with E-state index in [2.05, 4.69) is 10.2 Å². The molecule has 28 heavy (non-hydrogen) atoms. The van der Waals surface area contributed by atoms with E-state index in [-0.39, 0.29) is 11.8 Å². The summed E-state index contributed by atoms with van der Waals surface area (Å²) in [5, 5.41) is 2.89. The number of alkyl carbamates (subject to hydrolysis) is 1. The van der Waals surface area contributed by atoms with Gasteiger partial charge < -0.3 is 25.4 Å². The number of hydrogen-bond acceptors (Lipinski definition) is 5. The Kier molecular flexibility index (Phi) is 7.69. The van der Waals surface area contributed by atoms with Gasteiger partial charge in [-0.3, -0.25) is 4.79 Å². The van der Waals surface area contributed by atoms with Gasteiger partial charge in [-0.2, -0.15) is 0 Å². The van der Waals surface area contributed by atoms with Gasteiger partial charge in [0.2, 0.25) is 5.91 Å². The zero-order chi connectivity index (χ0) is 20.7. The van der Waals surface area contributed by atoms with Crippen LogP contribution in [-0.2, 0) is 9.53 Å². The van der Waals surface area contributed by atoms with Gasteiger partial charge in [-0.25, -0.2) is 4.79 Å². The Morgan fingerprint density at radius 3 is 2.54 bits per heavy atom. The van der Waals surface area contributed by atoms with Crippen LogP contribution in [0.3, 0.4) is 0 Å². The van der Waals surface area contributed by atoms with E-state index in [4.69, 9.17) is 15.2 Å². The molecule has 1 aromatic rings. The summed E-state index contributed by atoms with van der Waals surface area (Å²) in [5.74, 6) is 0.967. The highest BCUT2D eigenvalue weighted by Crippen LogP contribution is 2.25. The number of methoxy groups -OCH3 is 1. The molecule has 2 rings (SSSR count). The number of carbonyl (C=O) groups is 2. The van der Waals surface area contributed by atoms with Crippen molar-refractivity contribution in [3.8, 4) is 5.75 Å². The molecule has 2 amide bonds. The van der Waals surface area contributed by atoms with Gasteiger partial charge in [0.1, 0.15) is 11.4 Å². The third kappa shape index (κ3) is 7.38.